The van der Waals surface area contributed by atoms with E-state index in [0.29, 0.717) is 48.8 Å². The lowest BCUT2D eigenvalue weighted by Crippen LogP contribution is -2.41. The third kappa shape index (κ3) is 5.63. The minimum absolute atomic E-state index is 0.0747. The number of urea groups is 1. The first-order valence-electron chi connectivity index (χ1n) is 14.0. The largest absolute Gasteiger partial charge is 0.443 e. The lowest BCUT2D eigenvalue weighted by Gasteiger charge is -2.30. The van der Waals surface area contributed by atoms with Crippen LogP contribution in [0.5, 0.6) is 0 Å². The number of amides is 4. The highest BCUT2D eigenvalue weighted by Gasteiger charge is 2.49. The van der Waals surface area contributed by atoms with Gasteiger partial charge >= 0.3 is 12.0 Å². The number of likely N-dealkylation sites (tertiary alicyclic amines) is 1. The molecule has 2 aliphatic heterocycles. The second kappa shape index (κ2) is 11.0. The first-order valence-corrected chi connectivity index (χ1v) is 14.0. The minimum Gasteiger partial charge on any atom is -0.443 e. The van der Waals surface area contributed by atoms with Crippen LogP contribution in [-0.2, 0) is 19.9 Å². The van der Waals surface area contributed by atoms with Gasteiger partial charge in [0.15, 0.2) is 6.73 Å². The second-order valence-electron chi connectivity index (χ2n) is 12.1. The van der Waals surface area contributed by atoms with Crippen molar-refractivity contribution in [2.45, 2.75) is 58.9 Å². The molecule has 2 aliphatic rings. The van der Waals surface area contributed by atoms with Gasteiger partial charge in [-0.2, -0.15) is 0 Å². The number of imide groups is 1. The number of carbonyl (C=O) groups is 4. The molecule has 0 spiro atoms. The first kappa shape index (κ1) is 29.0. The quantitative estimate of drug-likeness (QED) is 0.339. The Hall–Kier alpha value is -4.54. The number of hydrogen-bond donors (Lipinski definition) is 1. The average Bonchev–Trinajstić information content (AvgIpc) is 3.54. The van der Waals surface area contributed by atoms with Gasteiger partial charge in [0.25, 0.3) is 11.8 Å². The van der Waals surface area contributed by atoms with Crippen molar-refractivity contribution in [2.75, 3.05) is 19.8 Å². The zero-order valence-electron chi connectivity index (χ0n) is 24.5. The van der Waals surface area contributed by atoms with Crippen LogP contribution in [0.25, 0.3) is 11.5 Å². The van der Waals surface area contributed by atoms with Crippen LogP contribution in [-0.4, -0.2) is 63.6 Å². The Labute approximate surface area is 244 Å². The van der Waals surface area contributed by atoms with Gasteiger partial charge in [-0.1, -0.05) is 29.8 Å². The van der Waals surface area contributed by atoms with Crippen molar-refractivity contribution in [1.29, 1.82) is 0 Å². The molecule has 11 nitrogen and oxygen atoms in total. The number of nitrogens with one attached hydrogen (secondary N) is 1. The summed E-state index contributed by atoms with van der Waals surface area (Å²) in [5, 5.41) is 11.2. The lowest BCUT2D eigenvalue weighted by atomic mass is 9.91. The Morgan fingerprint density at radius 3 is 2.29 bits per heavy atom. The van der Waals surface area contributed by atoms with Gasteiger partial charge in [0.2, 0.25) is 11.8 Å². The van der Waals surface area contributed by atoms with Crippen LogP contribution in [0.3, 0.4) is 0 Å². The van der Waals surface area contributed by atoms with Crippen molar-refractivity contribution < 1.29 is 28.3 Å². The first-order chi connectivity index (χ1) is 19.9. The summed E-state index contributed by atoms with van der Waals surface area (Å²) in [7, 11) is 0. The molecule has 5 rings (SSSR count). The van der Waals surface area contributed by atoms with Crippen LogP contribution in [0, 0.1) is 12.3 Å². The molecule has 2 saturated heterocycles. The van der Waals surface area contributed by atoms with Crippen LogP contribution < -0.4 is 5.32 Å². The number of aromatic nitrogens is 2. The highest BCUT2D eigenvalue weighted by atomic mass is 16.5. The standard InChI is InChI=1S/C31H35N5O6/c1-19-6-8-20(9-7-19)24-33-34-25(42-24)21-14-16-35(17-15-21)26(37)22-10-12-23(13-11-22)31(5)27(38)36(29(40)32-31)18-41-28(39)30(2,3)4/h6-13,21H,14-18H2,1-5H3,(H,32,40)/t31-/m1/s1. The molecular formula is C31H35N5O6. The SMILES string of the molecule is Cc1ccc(-c2nnc(C3CCN(C(=O)c4ccc([C@@]5(C)NC(=O)N(COC(=O)C(C)(C)C)C5=O)cc4)CC3)o2)cc1. The number of hydrogen-bond acceptors (Lipinski definition) is 8. The summed E-state index contributed by atoms with van der Waals surface area (Å²) in [6.45, 7) is 9.28. The van der Waals surface area contributed by atoms with Crippen LogP contribution in [0.15, 0.2) is 52.9 Å². The fourth-order valence-corrected chi connectivity index (χ4v) is 5.02. The number of esters is 1. The molecule has 0 unspecified atom stereocenters. The number of aryl methyl sites for hydroxylation is 1. The van der Waals surface area contributed by atoms with Crippen LogP contribution in [0.2, 0.25) is 0 Å². The Bertz CT molecular complexity index is 1500. The predicted molar refractivity (Wildman–Crippen MR) is 152 cm³/mol. The predicted octanol–water partition coefficient (Wildman–Crippen LogP) is 4.38. The Balaban J connectivity index is 1.19. The fourth-order valence-electron chi connectivity index (χ4n) is 5.02. The van der Waals surface area contributed by atoms with Crippen LogP contribution in [0.4, 0.5) is 4.79 Å². The monoisotopic (exact) mass is 573 g/mol. The fraction of sp³-hybridized carbons (Fsp3) is 0.419. The third-order valence-corrected chi connectivity index (χ3v) is 7.79. The molecule has 2 aromatic carbocycles. The van der Waals surface area contributed by atoms with E-state index in [0.717, 1.165) is 16.0 Å². The maximum absolute atomic E-state index is 13.3. The van der Waals surface area contributed by atoms with E-state index < -0.39 is 35.6 Å². The van der Waals surface area contributed by atoms with Gasteiger partial charge in [-0.3, -0.25) is 14.4 Å². The average molecular weight is 574 g/mol. The highest BCUT2D eigenvalue weighted by Crippen LogP contribution is 2.32. The molecule has 0 bridgehead atoms. The molecule has 0 radical (unpaired) electrons. The number of nitrogens with zero attached hydrogens (tertiary/aromatic N) is 4. The summed E-state index contributed by atoms with van der Waals surface area (Å²) >= 11 is 0. The van der Waals surface area contributed by atoms with E-state index in [9.17, 15) is 19.2 Å². The van der Waals surface area contributed by atoms with E-state index in [2.05, 4.69) is 15.5 Å². The summed E-state index contributed by atoms with van der Waals surface area (Å²) in [5.74, 6) is -0.0298. The summed E-state index contributed by atoms with van der Waals surface area (Å²) in [4.78, 5) is 53.8. The molecule has 3 aromatic rings. The van der Waals surface area contributed by atoms with Gasteiger partial charge in [0, 0.05) is 30.1 Å². The molecule has 3 heterocycles. The summed E-state index contributed by atoms with van der Waals surface area (Å²) in [6.07, 6.45) is 1.40. The Morgan fingerprint density at radius 2 is 1.67 bits per heavy atom. The smallest absolute Gasteiger partial charge is 0.328 e. The Kier molecular flexibility index (Phi) is 7.61. The van der Waals surface area contributed by atoms with Gasteiger partial charge in [-0.05, 0) is 77.3 Å². The van der Waals surface area contributed by atoms with E-state index in [1.807, 2.05) is 31.2 Å². The number of benzene rings is 2. The number of piperidine rings is 1. The van der Waals surface area contributed by atoms with Gasteiger partial charge in [-0.15, -0.1) is 10.2 Å². The normalized spacial score (nSPS) is 19.6. The zero-order chi connectivity index (χ0) is 30.2. The van der Waals surface area contributed by atoms with E-state index >= 15 is 0 Å². The van der Waals surface area contributed by atoms with Gasteiger partial charge in [-0.25, -0.2) is 9.69 Å². The maximum Gasteiger partial charge on any atom is 0.328 e. The van der Waals surface area contributed by atoms with Crippen molar-refractivity contribution in [3.05, 3.63) is 71.1 Å². The molecular weight excluding hydrogens is 538 g/mol. The molecule has 1 aromatic heterocycles. The van der Waals surface area contributed by atoms with Gasteiger partial charge in [0.1, 0.15) is 5.54 Å². The van der Waals surface area contributed by atoms with Crippen LogP contribution >= 0.6 is 0 Å². The minimum atomic E-state index is -1.35. The number of rotatable bonds is 6. The van der Waals surface area contributed by atoms with Crippen LogP contribution in [0.1, 0.15) is 73.8 Å². The van der Waals surface area contributed by atoms with E-state index in [-0.39, 0.29) is 11.8 Å². The van der Waals surface area contributed by atoms with Crippen molar-refractivity contribution in [1.82, 2.24) is 25.3 Å². The molecule has 1 atom stereocenters. The number of ether oxygens (including phenoxy) is 1. The van der Waals surface area contributed by atoms with E-state index in [4.69, 9.17) is 9.15 Å². The molecule has 4 amide bonds. The number of carbonyl (C=O) groups excluding carboxylic acids is 4. The van der Waals surface area contributed by atoms with Gasteiger partial charge in [0.05, 0.1) is 5.41 Å². The zero-order valence-corrected chi connectivity index (χ0v) is 24.5. The molecule has 0 saturated carbocycles. The molecule has 220 valence electrons. The molecule has 1 N–H and O–H groups in total. The van der Waals surface area contributed by atoms with Crippen molar-refractivity contribution in [2.24, 2.45) is 5.41 Å². The van der Waals surface area contributed by atoms with Crippen molar-refractivity contribution >= 4 is 23.8 Å². The molecule has 2 fully saturated rings. The molecule has 0 aliphatic carbocycles. The van der Waals surface area contributed by atoms with Crippen molar-refractivity contribution in [3.8, 4) is 11.5 Å². The highest BCUT2D eigenvalue weighted by molar-refractivity contribution is 6.07. The summed E-state index contributed by atoms with van der Waals surface area (Å²) in [6, 6.07) is 13.9. The molecule has 42 heavy (non-hydrogen) atoms. The lowest BCUT2D eigenvalue weighted by molar-refractivity contribution is -0.158. The van der Waals surface area contributed by atoms with E-state index in [1.165, 1.54) is 0 Å². The summed E-state index contributed by atoms with van der Waals surface area (Å²) < 4.78 is 11.1. The van der Waals surface area contributed by atoms with Crippen molar-refractivity contribution in [3.63, 3.8) is 0 Å². The maximum atomic E-state index is 13.3. The van der Waals surface area contributed by atoms with Gasteiger partial charge < -0.3 is 19.4 Å². The Morgan fingerprint density at radius 1 is 1.02 bits per heavy atom. The van der Waals surface area contributed by atoms with E-state index in [1.54, 1.807) is 56.9 Å². The third-order valence-electron chi connectivity index (χ3n) is 7.79. The summed E-state index contributed by atoms with van der Waals surface area (Å²) in [5.41, 5.74) is 0.903. The topological polar surface area (TPSA) is 135 Å². The molecule has 11 heteroatoms. The second-order valence-corrected chi connectivity index (χ2v) is 12.1.